The number of rotatable bonds is 7. The van der Waals surface area contributed by atoms with Crippen LogP contribution < -0.4 is 10.6 Å². The molecule has 3 aromatic rings. The summed E-state index contributed by atoms with van der Waals surface area (Å²) >= 11 is 0. The fourth-order valence-corrected chi connectivity index (χ4v) is 5.03. The predicted octanol–water partition coefficient (Wildman–Crippen LogP) is 3.42. The summed E-state index contributed by atoms with van der Waals surface area (Å²) in [7, 11) is 1.70. The van der Waals surface area contributed by atoms with Crippen LogP contribution in [0.5, 0.6) is 0 Å². The van der Waals surface area contributed by atoms with Gasteiger partial charge in [0.05, 0.1) is 0 Å². The number of carbonyl (C=O) groups is 3. The van der Waals surface area contributed by atoms with E-state index in [0.717, 1.165) is 23.3 Å². The molecule has 0 radical (unpaired) electrons. The molecule has 3 aromatic carbocycles. The van der Waals surface area contributed by atoms with Gasteiger partial charge in [-0.1, -0.05) is 60.7 Å². The van der Waals surface area contributed by atoms with Crippen LogP contribution in [0.4, 0.5) is 8.78 Å². The largest absolute Gasteiger partial charge is 0.378 e. The van der Waals surface area contributed by atoms with Crippen LogP contribution in [0.25, 0.3) is 0 Å². The number of likely N-dealkylation sites (N-methyl/N-ethyl adjacent to an activating group) is 1. The zero-order valence-corrected chi connectivity index (χ0v) is 21.7. The highest BCUT2D eigenvalue weighted by atomic mass is 19.1. The third kappa shape index (κ3) is 6.67. The van der Waals surface area contributed by atoms with Gasteiger partial charge >= 0.3 is 0 Å². The second kappa shape index (κ2) is 12.2. The van der Waals surface area contributed by atoms with E-state index in [1.165, 1.54) is 6.92 Å². The van der Waals surface area contributed by atoms with E-state index in [9.17, 15) is 28.3 Å². The summed E-state index contributed by atoms with van der Waals surface area (Å²) in [5.74, 6) is -4.10. The normalized spacial score (nSPS) is 21.0. The van der Waals surface area contributed by atoms with Gasteiger partial charge in [-0.2, -0.15) is 0 Å². The molecule has 1 aliphatic rings. The average Bonchev–Trinajstić information content (AvgIpc) is 3.05. The molecular formula is C30H31F2N3O4. The average molecular weight is 536 g/mol. The second-order valence-corrected chi connectivity index (χ2v) is 9.90. The molecule has 0 unspecified atom stereocenters. The van der Waals surface area contributed by atoms with Gasteiger partial charge in [0.2, 0.25) is 11.8 Å². The van der Waals surface area contributed by atoms with E-state index < -0.39 is 41.6 Å². The lowest BCUT2D eigenvalue weighted by molar-refractivity contribution is -0.137. The summed E-state index contributed by atoms with van der Waals surface area (Å²) in [4.78, 5) is 40.9. The number of carbonyl (C=O) groups excluding carboxylic acids is 3. The van der Waals surface area contributed by atoms with E-state index in [-0.39, 0.29) is 23.3 Å². The first-order valence-electron chi connectivity index (χ1n) is 12.7. The Kier molecular flexibility index (Phi) is 8.71. The lowest BCUT2D eigenvalue weighted by Gasteiger charge is -2.29. The molecule has 0 aliphatic carbocycles. The lowest BCUT2D eigenvalue weighted by Crippen LogP contribution is -2.54. The number of nitrogens with zero attached hydrogens (tertiary/aromatic N) is 1. The zero-order valence-electron chi connectivity index (χ0n) is 21.7. The van der Waals surface area contributed by atoms with Gasteiger partial charge in [-0.25, -0.2) is 8.78 Å². The van der Waals surface area contributed by atoms with Gasteiger partial charge in [-0.3, -0.25) is 14.4 Å². The van der Waals surface area contributed by atoms with Crippen molar-refractivity contribution in [2.24, 2.45) is 0 Å². The third-order valence-electron chi connectivity index (χ3n) is 7.07. The van der Waals surface area contributed by atoms with Gasteiger partial charge in [-0.15, -0.1) is 0 Å². The van der Waals surface area contributed by atoms with Crippen LogP contribution in [0, 0.1) is 11.6 Å². The van der Waals surface area contributed by atoms with Crippen LogP contribution in [-0.2, 0) is 14.4 Å². The molecule has 39 heavy (non-hydrogen) atoms. The van der Waals surface area contributed by atoms with E-state index in [4.69, 9.17) is 0 Å². The van der Waals surface area contributed by atoms with Crippen molar-refractivity contribution < 1.29 is 28.3 Å². The number of amides is 3. The maximum Gasteiger partial charge on any atom is 0.254 e. The van der Waals surface area contributed by atoms with Gasteiger partial charge in [0.15, 0.2) is 6.10 Å². The molecule has 0 spiro atoms. The minimum atomic E-state index is -1.89. The Morgan fingerprint density at radius 2 is 1.49 bits per heavy atom. The summed E-state index contributed by atoms with van der Waals surface area (Å²) in [6, 6.07) is 19.6. The van der Waals surface area contributed by atoms with Crippen molar-refractivity contribution in [3.05, 3.63) is 107 Å². The predicted molar refractivity (Wildman–Crippen MR) is 141 cm³/mol. The van der Waals surface area contributed by atoms with E-state index >= 15 is 0 Å². The van der Waals surface area contributed by atoms with Crippen LogP contribution in [0.15, 0.2) is 78.9 Å². The van der Waals surface area contributed by atoms with Gasteiger partial charge in [0.1, 0.15) is 23.7 Å². The first-order valence-corrected chi connectivity index (χ1v) is 12.7. The summed E-state index contributed by atoms with van der Waals surface area (Å²) < 4.78 is 27.1. The first kappa shape index (κ1) is 27.9. The molecule has 0 saturated carbocycles. The molecule has 9 heteroatoms. The minimum Gasteiger partial charge on any atom is -0.378 e. The number of aliphatic hydroxyl groups excluding tert-OH is 1. The van der Waals surface area contributed by atoms with Gasteiger partial charge in [0, 0.05) is 31.5 Å². The Bertz CT molecular complexity index is 1300. The molecule has 4 rings (SSSR count). The molecule has 1 heterocycles. The Hall–Kier alpha value is -4.11. The van der Waals surface area contributed by atoms with Gasteiger partial charge in [0.25, 0.3) is 5.91 Å². The molecule has 1 fully saturated rings. The zero-order chi connectivity index (χ0) is 28.1. The molecule has 5 atom stereocenters. The van der Waals surface area contributed by atoms with Crippen molar-refractivity contribution in [2.75, 3.05) is 13.6 Å². The standard InChI is InChI=1S/C30H31F2N3O4/c1-18(33-29(38)27(36)21-13-23(31)16-24(32)14-21)28(37)34-26-25(20-11-7-4-8-12-20)15-22(17-35(2)30(26)39)19-9-5-3-6-10-19/h3-14,16,18,22,25-27,36H,15,17H2,1-2H3,(H,33,38)(H,34,37)/t18-,22+,25+,26-,27-/m0/s1. The Morgan fingerprint density at radius 1 is 0.923 bits per heavy atom. The lowest BCUT2D eigenvalue weighted by atomic mass is 9.82. The molecule has 7 nitrogen and oxygen atoms in total. The fourth-order valence-electron chi connectivity index (χ4n) is 5.03. The number of halogens is 2. The molecular weight excluding hydrogens is 504 g/mol. The van der Waals surface area contributed by atoms with E-state index in [1.54, 1.807) is 11.9 Å². The van der Waals surface area contributed by atoms with Crippen molar-refractivity contribution in [1.29, 1.82) is 0 Å². The van der Waals surface area contributed by atoms with Gasteiger partial charge < -0.3 is 20.6 Å². The SMILES string of the molecule is C[C@H](NC(=O)[C@@H](O)c1cc(F)cc(F)c1)C(=O)N[C@@H]1C(=O)N(C)C[C@H](c2ccccc2)C[C@@H]1c1ccccc1. The Labute approximate surface area is 225 Å². The van der Waals surface area contributed by atoms with Crippen molar-refractivity contribution >= 4 is 17.7 Å². The van der Waals surface area contributed by atoms with Crippen molar-refractivity contribution in [2.45, 2.75) is 43.4 Å². The number of aliphatic hydroxyl groups is 1. The maximum atomic E-state index is 13.6. The van der Waals surface area contributed by atoms with Crippen molar-refractivity contribution in [3.8, 4) is 0 Å². The van der Waals surface area contributed by atoms with Crippen LogP contribution in [-0.4, -0.2) is 53.4 Å². The Balaban J connectivity index is 1.53. The summed E-state index contributed by atoms with van der Waals surface area (Å²) in [5.41, 5.74) is 1.70. The van der Waals surface area contributed by atoms with Crippen LogP contribution in [0.3, 0.4) is 0 Å². The van der Waals surface area contributed by atoms with Gasteiger partial charge in [-0.05, 0) is 42.2 Å². The highest BCUT2D eigenvalue weighted by Gasteiger charge is 2.39. The number of hydrogen-bond acceptors (Lipinski definition) is 4. The van der Waals surface area contributed by atoms with E-state index in [1.807, 2.05) is 60.7 Å². The summed E-state index contributed by atoms with van der Waals surface area (Å²) in [6.45, 7) is 1.88. The van der Waals surface area contributed by atoms with Crippen molar-refractivity contribution in [1.82, 2.24) is 15.5 Å². The fraction of sp³-hybridized carbons (Fsp3) is 0.300. The van der Waals surface area contributed by atoms with Crippen LogP contribution in [0.1, 0.15) is 48.0 Å². The van der Waals surface area contributed by atoms with E-state index in [2.05, 4.69) is 10.6 Å². The molecule has 0 bridgehead atoms. The molecule has 1 aliphatic heterocycles. The molecule has 0 aromatic heterocycles. The topological polar surface area (TPSA) is 98.7 Å². The smallest absolute Gasteiger partial charge is 0.254 e. The molecule has 3 amide bonds. The first-order chi connectivity index (χ1) is 18.6. The quantitative estimate of drug-likeness (QED) is 0.432. The second-order valence-electron chi connectivity index (χ2n) is 9.90. The highest BCUT2D eigenvalue weighted by Crippen LogP contribution is 2.36. The van der Waals surface area contributed by atoms with Crippen LogP contribution in [0.2, 0.25) is 0 Å². The van der Waals surface area contributed by atoms with E-state index in [0.29, 0.717) is 19.0 Å². The number of likely N-dealkylation sites (tertiary alicyclic amines) is 1. The summed E-state index contributed by atoms with van der Waals surface area (Å²) in [5, 5.41) is 15.5. The molecule has 204 valence electrons. The minimum absolute atomic E-state index is 0.0335. The number of hydrogen-bond donors (Lipinski definition) is 3. The highest BCUT2D eigenvalue weighted by molar-refractivity contribution is 5.93. The Morgan fingerprint density at radius 3 is 2.08 bits per heavy atom. The monoisotopic (exact) mass is 535 g/mol. The number of benzene rings is 3. The third-order valence-corrected chi connectivity index (χ3v) is 7.07. The van der Waals surface area contributed by atoms with Crippen molar-refractivity contribution in [3.63, 3.8) is 0 Å². The molecule has 3 N–H and O–H groups in total. The maximum absolute atomic E-state index is 13.6. The molecule has 1 saturated heterocycles. The number of nitrogens with one attached hydrogen (secondary N) is 2. The van der Waals surface area contributed by atoms with Crippen LogP contribution >= 0.6 is 0 Å². The summed E-state index contributed by atoms with van der Waals surface area (Å²) in [6.07, 6.45) is -1.29.